The van der Waals surface area contributed by atoms with Gasteiger partial charge in [-0.2, -0.15) is 0 Å². The minimum absolute atomic E-state index is 0.0580. The zero-order valence-corrected chi connectivity index (χ0v) is 13.7. The van der Waals surface area contributed by atoms with Gasteiger partial charge in [0, 0.05) is 18.5 Å². The van der Waals surface area contributed by atoms with E-state index >= 15 is 0 Å². The highest BCUT2D eigenvalue weighted by Gasteiger charge is 2.33. The average Bonchev–Trinajstić information content (AvgIpc) is 2.44. The van der Waals surface area contributed by atoms with Gasteiger partial charge in [-0.3, -0.25) is 9.59 Å². The van der Waals surface area contributed by atoms with Crippen molar-refractivity contribution in [2.45, 2.75) is 52.2 Å². The van der Waals surface area contributed by atoms with Gasteiger partial charge in [0.25, 0.3) is 5.91 Å². The lowest BCUT2D eigenvalue weighted by molar-refractivity contribution is -0.126. The fraction of sp³-hybridized carbons (Fsp3) is 0.529. The van der Waals surface area contributed by atoms with E-state index in [4.69, 9.17) is 4.74 Å². The van der Waals surface area contributed by atoms with Gasteiger partial charge >= 0.3 is 0 Å². The molecule has 1 aromatic carbocycles. The smallest absolute Gasteiger partial charge is 0.268 e. The van der Waals surface area contributed by atoms with Crippen LogP contribution in [0.4, 0.5) is 5.69 Å². The summed E-state index contributed by atoms with van der Waals surface area (Å²) in [5.74, 6) is 0.562. The van der Waals surface area contributed by atoms with E-state index in [1.165, 1.54) is 0 Å². The molecular formula is C17H24N2O3. The molecule has 1 atom stereocenters. The predicted octanol–water partition coefficient (Wildman–Crippen LogP) is 2.50. The highest BCUT2D eigenvalue weighted by molar-refractivity contribution is 6.00. The van der Waals surface area contributed by atoms with Crippen molar-refractivity contribution in [1.82, 2.24) is 5.32 Å². The van der Waals surface area contributed by atoms with Crippen LogP contribution in [-0.2, 0) is 9.59 Å². The lowest BCUT2D eigenvalue weighted by atomic mass is 10.1. The second-order valence-electron chi connectivity index (χ2n) is 6.52. The third kappa shape index (κ3) is 3.78. The summed E-state index contributed by atoms with van der Waals surface area (Å²) < 4.78 is 5.72. The molecule has 22 heavy (non-hydrogen) atoms. The van der Waals surface area contributed by atoms with E-state index in [0.29, 0.717) is 18.7 Å². The van der Waals surface area contributed by atoms with Crippen molar-refractivity contribution in [1.29, 1.82) is 0 Å². The van der Waals surface area contributed by atoms with Crippen LogP contribution >= 0.6 is 0 Å². The Hall–Kier alpha value is -2.04. The predicted molar refractivity (Wildman–Crippen MR) is 86.0 cm³/mol. The normalized spacial score (nSPS) is 17.7. The van der Waals surface area contributed by atoms with Crippen molar-refractivity contribution >= 4 is 17.5 Å². The van der Waals surface area contributed by atoms with Crippen LogP contribution in [0.2, 0.25) is 0 Å². The highest BCUT2D eigenvalue weighted by atomic mass is 16.5. The van der Waals surface area contributed by atoms with E-state index in [1.54, 1.807) is 4.90 Å². The maximum Gasteiger partial charge on any atom is 0.268 e. The minimum Gasteiger partial charge on any atom is -0.478 e. The third-order valence-electron chi connectivity index (χ3n) is 3.41. The van der Waals surface area contributed by atoms with E-state index < -0.39 is 6.10 Å². The number of hydrogen-bond donors (Lipinski definition) is 1. The number of benzene rings is 1. The molecule has 0 radical (unpaired) electrons. The largest absolute Gasteiger partial charge is 0.478 e. The van der Waals surface area contributed by atoms with Crippen LogP contribution in [0.1, 0.15) is 40.5 Å². The number of carbonyl (C=O) groups is 2. The van der Waals surface area contributed by atoms with Crippen molar-refractivity contribution in [2.24, 2.45) is 0 Å². The van der Waals surface area contributed by atoms with Gasteiger partial charge in [-0.15, -0.1) is 0 Å². The molecule has 0 fully saturated rings. The molecule has 0 saturated heterocycles. The van der Waals surface area contributed by atoms with Gasteiger partial charge in [0.2, 0.25) is 5.91 Å². The zero-order valence-electron chi connectivity index (χ0n) is 13.7. The van der Waals surface area contributed by atoms with Gasteiger partial charge in [0.1, 0.15) is 5.75 Å². The van der Waals surface area contributed by atoms with Crippen molar-refractivity contribution < 1.29 is 14.3 Å². The lowest BCUT2D eigenvalue weighted by Gasteiger charge is -2.34. The first kappa shape index (κ1) is 16.3. The second kappa shape index (κ2) is 6.38. The summed E-state index contributed by atoms with van der Waals surface area (Å²) in [5, 5.41) is 2.91. The number of fused-ring (bicyclic) bond motifs is 1. The molecule has 5 nitrogen and oxygen atoms in total. The van der Waals surface area contributed by atoms with Gasteiger partial charge in [-0.05, 0) is 39.3 Å². The number of carbonyl (C=O) groups excluding carboxylic acids is 2. The molecule has 0 spiro atoms. The molecule has 0 saturated carbocycles. The van der Waals surface area contributed by atoms with E-state index in [2.05, 4.69) is 5.32 Å². The molecule has 0 aromatic heterocycles. The van der Waals surface area contributed by atoms with Crippen molar-refractivity contribution in [3.05, 3.63) is 24.3 Å². The maximum atomic E-state index is 12.5. The van der Waals surface area contributed by atoms with E-state index in [1.807, 2.05) is 52.0 Å². The Balaban J connectivity index is 2.11. The summed E-state index contributed by atoms with van der Waals surface area (Å²) in [6, 6.07) is 7.45. The minimum atomic E-state index is -0.472. The molecule has 0 bridgehead atoms. The molecule has 5 heteroatoms. The first-order valence-corrected chi connectivity index (χ1v) is 7.70. The number of ether oxygens (including phenoxy) is 1. The Morgan fingerprint density at radius 2 is 2.00 bits per heavy atom. The Morgan fingerprint density at radius 3 is 2.64 bits per heavy atom. The zero-order chi connectivity index (χ0) is 16.3. The molecular weight excluding hydrogens is 280 g/mol. The van der Waals surface area contributed by atoms with E-state index in [-0.39, 0.29) is 23.8 Å². The quantitative estimate of drug-likeness (QED) is 0.930. The molecule has 1 N–H and O–H groups in total. The topological polar surface area (TPSA) is 58.6 Å². The number of nitrogens with zero attached hydrogens (tertiary/aromatic N) is 1. The van der Waals surface area contributed by atoms with E-state index in [9.17, 15) is 9.59 Å². The van der Waals surface area contributed by atoms with Gasteiger partial charge in [-0.1, -0.05) is 19.1 Å². The summed E-state index contributed by atoms with van der Waals surface area (Å²) in [6.07, 6.45) is 0.409. The van der Waals surface area contributed by atoms with Crippen molar-refractivity contribution in [3.8, 4) is 5.75 Å². The number of rotatable bonds is 4. The Morgan fingerprint density at radius 1 is 1.32 bits per heavy atom. The molecule has 1 aliphatic heterocycles. The van der Waals surface area contributed by atoms with E-state index in [0.717, 1.165) is 5.69 Å². The Labute approximate surface area is 131 Å². The molecule has 2 amide bonds. The molecule has 1 heterocycles. The first-order valence-electron chi connectivity index (χ1n) is 7.70. The number of amides is 2. The summed E-state index contributed by atoms with van der Waals surface area (Å²) in [6.45, 7) is 8.09. The van der Waals surface area contributed by atoms with Crippen LogP contribution in [0.15, 0.2) is 24.3 Å². The fourth-order valence-corrected chi connectivity index (χ4v) is 2.46. The average molecular weight is 304 g/mol. The molecule has 0 aliphatic carbocycles. The summed E-state index contributed by atoms with van der Waals surface area (Å²) in [5.41, 5.74) is 0.469. The fourth-order valence-electron chi connectivity index (χ4n) is 2.46. The second-order valence-corrected chi connectivity index (χ2v) is 6.52. The van der Waals surface area contributed by atoms with Gasteiger partial charge in [0.05, 0.1) is 5.69 Å². The van der Waals surface area contributed by atoms with Crippen LogP contribution in [0.3, 0.4) is 0 Å². The Bertz CT molecular complexity index is 563. The monoisotopic (exact) mass is 304 g/mol. The van der Waals surface area contributed by atoms with Crippen LogP contribution in [0, 0.1) is 0 Å². The number of nitrogens with one attached hydrogen (secondary N) is 1. The maximum absolute atomic E-state index is 12.5. The van der Waals surface area contributed by atoms with Crippen LogP contribution < -0.4 is 15.0 Å². The van der Waals surface area contributed by atoms with Gasteiger partial charge in [0.15, 0.2) is 6.10 Å². The number of hydrogen-bond acceptors (Lipinski definition) is 3. The number of para-hydroxylation sites is 2. The lowest BCUT2D eigenvalue weighted by Crippen LogP contribution is -2.48. The van der Waals surface area contributed by atoms with Gasteiger partial charge in [-0.25, -0.2) is 0 Å². The summed E-state index contributed by atoms with van der Waals surface area (Å²) in [7, 11) is 0. The molecule has 2 rings (SSSR count). The van der Waals surface area contributed by atoms with Gasteiger partial charge < -0.3 is 15.0 Å². The molecule has 120 valence electrons. The molecule has 1 unspecified atom stereocenters. The van der Waals surface area contributed by atoms with Crippen LogP contribution in [0.5, 0.6) is 5.75 Å². The summed E-state index contributed by atoms with van der Waals surface area (Å²) in [4.78, 5) is 26.1. The highest BCUT2D eigenvalue weighted by Crippen LogP contribution is 2.34. The van der Waals surface area contributed by atoms with Crippen molar-refractivity contribution in [2.75, 3.05) is 11.4 Å². The van der Waals surface area contributed by atoms with Crippen LogP contribution in [0.25, 0.3) is 0 Å². The molecule has 1 aromatic rings. The summed E-state index contributed by atoms with van der Waals surface area (Å²) >= 11 is 0. The third-order valence-corrected chi connectivity index (χ3v) is 3.41. The number of anilines is 1. The standard InChI is InChI=1S/C17H24N2O3/c1-5-13-16(21)19(11-10-15(20)18-17(2,3)4)12-8-6-7-9-14(12)22-13/h6-9,13H,5,10-11H2,1-4H3,(H,18,20). The first-order chi connectivity index (χ1) is 10.3. The van der Waals surface area contributed by atoms with Crippen molar-refractivity contribution in [3.63, 3.8) is 0 Å². The SMILES string of the molecule is CCC1Oc2ccccc2N(CCC(=O)NC(C)(C)C)C1=O. The van der Waals surface area contributed by atoms with Crippen LogP contribution in [-0.4, -0.2) is 30.0 Å². The molecule has 1 aliphatic rings. The Kier molecular flexibility index (Phi) is 4.74.